The molecule has 0 spiro atoms. The van der Waals surface area contributed by atoms with E-state index in [1.165, 1.54) is 12.8 Å². The first-order valence-electron chi connectivity index (χ1n) is 7.27. The van der Waals surface area contributed by atoms with Crippen LogP contribution < -0.4 is 0 Å². The summed E-state index contributed by atoms with van der Waals surface area (Å²) >= 11 is 0. The zero-order valence-electron chi connectivity index (χ0n) is 12.9. The van der Waals surface area contributed by atoms with Crippen LogP contribution in [0.2, 0.25) is 0 Å². The van der Waals surface area contributed by atoms with Gasteiger partial charge in [-0.05, 0) is 35.5 Å². The third-order valence-corrected chi connectivity index (χ3v) is 4.43. The lowest BCUT2D eigenvalue weighted by molar-refractivity contribution is 0.323. The second-order valence-electron chi connectivity index (χ2n) is 7.96. The maximum absolute atomic E-state index is 2.41. The van der Waals surface area contributed by atoms with E-state index in [9.17, 15) is 0 Å². The molecular formula is C18H28. The van der Waals surface area contributed by atoms with Gasteiger partial charge in [0, 0.05) is 0 Å². The maximum Gasteiger partial charge on any atom is -0.0127 e. The van der Waals surface area contributed by atoms with Crippen molar-refractivity contribution in [2.45, 2.75) is 54.4 Å². The molecule has 2 rings (SSSR count). The van der Waals surface area contributed by atoms with Crippen LogP contribution in [0.1, 0.15) is 54.4 Å². The van der Waals surface area contributed by atoms with Crippen LogP contribution in [0.3, 0.4) is 0 Å². The fourth-order valence-electron chi connectivity index (χ4n) is 3.37. The summed E-state index contributed by atoms with van der Waals surface area (Å²) in [7, 11) is 0. The standard InChI is InChI=1S/C18H28/c1-17(2,3)15-11-13-9-7-8-10-14(13)12-16(15)18(4,5)6/h7-10,13-14H,11-12H2,1-6H3. The van der Waals surface area contributed by atoms with E-state index in [-0.39, 0.29) is 0 Å². The van der Waals surface area contributed by atoms with Crippen LogP contribution in [0.5, 0.6) is 0 Å². The molecule has 2 aliphatic carbocycles. The Labute approximate surface area is 113 Å². The van der Waals surface area contributed by atoms with Crippen LogP contribution in [-0.4, -0.2) is 0 Å². The van der Waals surface area contributed by atoms with E-state index >= 15 is 0 Å². The number of hydrogen-bond acceptors (Lipinski definition) is 0. The molecule has 100 valence electrons. The van der Waals surface area contributed by atoms with E-state index in [1.54, 1.807) is 11.1 Å². The summed E-state index contributed by atoms with van der Waals surface area (Å²) in [6, 6.07) is 0. The van der Waals surface area contributed by atoms with Crippen LogP contribution in [0.15, 0.2) is 35.5 Å². The van der Waals surface area contributed by atoms with Gasteiger partial charge in [-0.3, -0.25) is 0 Å². The van der Waals surface area contributed by atoms with Crippen molar-refractivity contribution < 1.29 is 0 Å². The summed E-state index contributed by atoms with van der Waals surface area (Å²) in [5, 5.41) is 0. The molecule has 0 N–H and O–H groups in total. The highest BCUT2D eigenvalue weighted by Gasteiger charge is 2.36. The molecule has 0 nitrogen and oxygen atoms in total. The van der Waals surface area contributed by atoms with E-state index in [2.05, 4.69) is 65.8 Å². The lowest BCUT2D eigenvalue weighted by Crippen LogP contribution is -2.30. The Morgan fingerprint density at radius 1 is 0.722 bits per heavy atom. The summed E-state index contributed by atoms with van der Waals surface area (Å²) in [6.07, 6.45) is 11.8. The molecule has 2 unspecified atom stereocenters. The Balaban J connectivity index is 2.43. The molecule has 18 heavy (non-hydrogen) atoms. The molecule has 2 atom stereocenters. The Morgan fingerprint density at radius 2 is 1.06 bits per heavy atom. The van der Waals surface area contributed by atoms with Gasteiger partial charge in [0.1, 0.15) is 0 Å². The fourth-order valence-corrected chi connectivity index (χ4v) is 3.37. The number of fused-ring (bicyclic) bond motifs is 1. The Morgan fingerprint density at radius 3 is 1.33 bits per heavy atom. The van der Waals surface area contributed by atoms with Crippen molar-refractivity contribution in [2.75, 3.05) is 0 Å². The van der Waals surface area contributed by atoms with Gasteiger partial charge in [-0.1, -0.05) is 77.0 Å². The highest BCUT2D eigenvalue weighted by molar-refractivity contribution is 5.32. The lowest BCUT2D eigenvalue weighted by atomic mass is 9.63. The first-order valence-corrected chi connectivity index (χ1v) is 7.27. The normalized spacial score (nSPS) is 28.6. The SMILES string of the molecule is CC(C)(C)C1=C(C(C)(C)C)CC2C=CC=CC2C1. The van der Waals surface area contributed by atoms with Gasteiger partial charge in [0.25, 0.3) is 0 Å². The van der Waals surface area contributed by atoms with Crippen molar-refractivity contribution in [2.24, 2.45) is 22.7 Å². The predicted octanol–water partition coefficient (Wildman–Crippen LogP) is 5.53. The highest BCUT2D eigenvalue weighted by Crippen LogP contribution is 2.49. The van der Waals surface area contributed by atoms with Crippen molar-refractivity contribution in [1.82, 2.24) is 0 Å². The molecule has 2 aliphatic rings. The van der Waals surface area contributed by atoms with E-state index < -0.39 is 0 Å². The minimum Gasteiger partial charge on any atom is -0.0805 e. The topological polar surface area (TPSA) is 0 Å². The molecule has 0 heterocycles. The average molecular weight is 244 g/mol. The molecule has 0 saturated heterocycles. The Kier molecular flexibility index (Phi) is 3.34. The van der Waals surface area contributed by atoms with Gasteiger partial charge < -0.3 is 0 Å². The van der Waals surface area contributed by atoms with Crippen LogP contribution in [-0.2, 0) is 0 Å². The molecule has 0 heteroatoms. The van der Waals surface area contributed by atoms with Crippen LogP contribution >= 0.6 is 0 Å². The largest absolute Gasteiger partial charge is 0.0805 e. The molecule has 0 radical (unpaired) electrons. The molecule has 0 aliphatic heterocycles. The minimum absolute atomic E-state index is 0.308. The fraction of sp³-hybridized carbons (Fsp3) is 0.667. The van der Waals surface area contributed by atoms with Gasteiger partial charge in [0.2, 0.25) is 0 Å². The first-order chi connectivity index (χ1) is 8.19. The molecule has 0 aromatic carbocycles. The number of allylic oxidation sites excluding steroid dienone is 6. The van der Waals surface area contributed by atoms with Gasteiger partial charge in [0.15, 0.2) is 0 Å². The van der Waals surface area contributed by atoms with Gasteiger partial charge >= 0.3 is 0 Å². The summed E-state index contributed by atoms with van der Waals surface area (Å²) in [6.45, 7) is 14.2. The van der Waals surface area contributed by atoms with Crippen LogP contribution in [0.4, 0.5) is 0 Å². The zero-order valence-corrected chi connectivity index (χ0v) is 12.9. The van der Waals surface area contributed by atoms with Crippen molar-refractivity contribution in [3.8, 4) is 0 Å². The monoisotopic (exact) mass is 244 g/mol. The van der Waals surface area contributed by atoms with E-state index in [1.807, 2.05) is 0 Å². The summed E-state index contributed by atoms with van der Waals surface area (Å²) < 4.78 is 0. The summed E-state index contributed by atoms with van der Waals surface area (Å²) in [5.74, 6) is 1.46. The molecule has 0 amide bonds. The maximum atomic E-state index is 2.41. The van der Waals surface area contributed by atoms with Crippen LogP contribution in [0.25, 0.3) is 0 Å². The third kappa shape index (κ3) is 2.63. The average Bonchev–Trinajstić information content (AvgIpc) is 2.25. The molecule has 0 bridgehead atoms. The van der Waals surface area contributed by atoms with E-state index in [0.29, 0.717) is 10.8 Å². The van der Waals surface area contributed by atoms with E-state index in [0.717, 1.165) is 11.8 Å². The van der Waals surface area contributed by atoms with Gasteiger partial charge in [-0.15, -0.1) is 0 Å². The second kappa shape index (κ2) is 4.40. The molecular weight excluding hydrogens is 216 g/mol. The number of rotatable bonds is 0. The van der Waals surface area contributed by atoms with Gasteiger partial charge in [0.05, 0.1) is 0 Å². The molecule has 0 aromatic rings. The zero-order chi connectivity index (χ0) is 13.6. The Bertz CT molecular complexity index is 364. The highest BCUT2D eigenvalue weighted by atomic mass is 14.4. The summed E-state index contributed by atoms with van der Waals surface area (Å²) in [5.41, 5.74) is 4.03. The van der Waals surface area contributed by atoms with Gasteiger partial charge in [-0.25, -0.2) is 0 Å². The molecule has 0 saturated carbocycles. The van der Waals surface area contributed by atoms with E-state index in [4.69, 9.17) is 0 Å². The smallest absolute Gasteiger partial charge is 0.0127 e. The quantitative estimate of drug-likeness (QED) is 0.492. The van der Waals surface area contributed by atoms with Crippen LogP contribution in [0, 0.1) is 22.7 Å². The van der Waals surface area contributed by atoms with Crippen molar-refractivity contribution >= 4 is 0 Å². The van der Waals surface area contributed by atoms with Crippen molar-refractivity contribution in [3.63, 3.8) is 0 Å². The molecule has 0 fully saturated rings. The second-order valence-corrected chi connectivity index (χ2v) is 7.96. The third-order valence-electron chi connectivity index (χ3n) is 4.43. The first kappa shape index (κ1) is 13.6. The predicted molar refractivity (Wildman–Crippen MR) is 80.4 cm³/mol. The minimum atomic E-state index is 0.308. The summed E-state index contributed by atoms with van der Waals surface area (Å²) in [4.78, 5) is 0. The van der Waals surface area contributed by atoms with Gasteiger partial charge in [-0.2, -0.15) is 0 Å². The Hall–Kier alpha value is -0.780. The molecule has 0 aromatic heterocycles. The lowest BCUT2D eigenvalue weighted by Gasteiger charge is -2.42. The van der Waals surface area contributed by atoms with Crippen molar-refractivity contribution in [1.29, 1.82) is 0 Å². The van der Waals surface area contributed by atoms with Crippen molar-refractivity contribution in [3.05, 3.63) is 35.5 Å². The number of hydrogen-bond donors (Lipinski definition) is 0.